The number of hydrogen-bond donors (Lipinski definition) is 1. The van der Waals surface area contributed by atoms with Gasteiger partial charge >= 0.3 is 0 Å². The lowest BCUT2D eigenvalue weighted by Crippen LogP contribution is -2.47. The molecule has 2 aromatic carbocycles. The third kappa shape index (κ3) is 6.70. The van der Waals surface area contributed by atoms with Crippen LogP contribution in [0.3, 0.4) is 0 Å². The molecule has 0 spiro atoms. The van der Waals surface area contributed by atoms with Crippen molar-refractivity contribution < 1.29 is 13.9 Å². The highest BCUT2D eigenvalue weighted by atomic mass is 19.1. The highest BCUT2D eigenvalue weighted by Gasteiger charge is 2.24. The molecule has 1 heterocycles. The Bertz CT molecular complexity index is 847. The molecule has 0 aromatic heterocycles. The van der Waals surface area contributed by atoms with Crippen molar-refractivity contribution in [3.05, 3.63) is 60.4 Å². The zero-order valence-corrected chi connectivity index (χ0v) is 18.7. The first-order valence-corrected chi connectivity index (χ1v) is 11.9. The molecule has 1 saturated heterocycles. The Labute approximate surface area is 190 Å². The fourth-order valence-corrected chi connectivity index (χ4v) is 4.80. The SMILES string of the molecule is O=C(COc1ccccc1)N[C@H]1CC[C@H](CCN2CCN(c3cccc(F)c3)CC2)CC1. The minimum absolute atomic E-state index is 0.0338. The van der Waals surface area contributed by atoms with Crippen molar-refractivity contribution in [2.75, 3.05) is 44.2 Å². The van der Waals surface area contributed by atoms with Crippen LogP contribution in [0.1, 0.15) is 32.1 Å². The molecule has 2 aliphatic rings. The summed E-state index contributed by atoms with van der Waals surface area (Å²) in [6, 6.07) is 16.6. The molecule has 0 atom stereocenters. The van der Waals surface area contributed by atoms with E-state index in [0.717, 1.165) is 62.9 Å². The molecule has 0 unspecified atom stereocenters. The lowest BCUT2D eigenvalue weighted by atomic mass is 9.84. The van der Waals surface area contributed by atoms with Crippen molar-refractivity contribution in [1.29, 1.82) is 0 Å². The van der Waals surface area contributed by atoms with Crippen LogP contribution >= 0.6 is 0 Å². The lowest BCUT2D eigenvalue weighted by molar-refractivity contribution is -0.124. The molecule has 32 heavy (non-hydrogen) atoms. The molecule has 172 valence electrons. The maximum absolute atomic E-state index is 13.5. The second-order valence-electron chi connectivity index (χ2n) is 8.98. The van der Waals surface area contributed by atoms with Gasteiger partial charge in [0.1, 0.15) is 11.6 Å². The zero-order valence-electron chi connectivity index (χ0n) is 18.7. The number of nitrogens with zero attached hydrogens (tertiary/aromatic N) is 2. The van der Waals surface area contributed by atoms with Gasteiger partial charge in [-0.1, -0.05) is 24.3 Å². The van der Waals surface area contributed by atoms with Crippen molar-refractivity contribution in [3.8, 4) is 5.75 Å². The Balaban J connectivity index is 1.09. The summed E-state index contributed by atoms with van der Waals surface area (Å²) in [7, 11) is 0. The molecular weight excluding hydrogens is 405 g/mol. The van der Waals surface area contributed by atoms with Gasteiger partial charge in [0.05, 0.1) is 0 Å². The van der Waals surface area contributed by atoms with E-state index in [4.69, 9.17) is 4.74 Å². The molecular formula is C26H34FN3O2. The van der Waals surface area contributed by atoms with Gasteiger partial charge < -0.3 is 15.0 Å². The fraction of sp³-hybridized carbons (Fsp3) is 0.500. The number of piperazine rings is 1. The molecule has 1 amide bonds. The van der Waals surface area contributed by atoms with Gasteiger partial charge in [-0.2, -0.15) is 0 Å². The summed E-state index contributed by atoms with van der Waals surface area (Å²) >= 11 is 0. The number of halogens is 1. The molecule has 2 fully saturated rings. The number of hydrogen-bond acceptors (Lipinski definition) is 4. The summed E-state index contributed by atoms with van der Waals surface area (Å²) in [6.07, 6.45) is 5.67. The summed E-state index contributed by atoms with van der Waals surface area (Å²) < 4.78 is 19.0. The zero-order chi connectivity index (χ0) is 22.2. The molecule has 1 aliphatic carbocycles. The Hall–Kier alpha value is -2.60. The maximum atomic E-state index is 13.5. The van der Waals surface area contributed by atoms with Gasteiger partial charge in [-0.15, -0.1) is 0 Å². The average Bonchev–Trinajstić information content (AvgIpc) is 2.83. The van der Waals surface area contributed by atoms with E-state index in [2.05, 4.69) is 15.1 Å². The third-order valence-electron chi connectivity index (χ3n) is 6.72. The highest BCUT2D eigenvalue weighted by molar-refractivity contribution is 5.77. The Morgan fingerprint density at radius 3 is 2.44 bits per heavy atom. The molecule has 4 rings (SSSR count). The van der Waals surface area contributed by atoms with Gasteiger partial charge in [-0.25, -0.2) is 4.39 Å². The van der Waals surface area contributed by atoms with Crippen LogP contribution in [0.5, 0.6) is 5.75 Å². The summed E-state index contributed by atoms with van der Waals surface area (Å²) in [5.74, 6) is 1.27. The van der Waals surface area contributed by atoms with Crippen molar-refractivity contribution in [2.24, 2.45) is 5.92 Å². The molecule has 1 aliphatic heterocycles. The number of para-hydroxylation sites is 1. The molecule has 0 radical (unpaired) electrons. The topological polar surface area (TPSA) is 44.8 Å². The Morgan fingerprint density at radius 2 is 1.72 bits per heavy atom. The van der Waals surface area contributed by atoms with Crippen LogP contribution < -0.4 is 15.0 Å². The van der Waals surface area contributed by atoms with Crippen LogP contribution in [0.4, 0.5) is 10.1 Å². The second kappa shape index (κ2) is 11.3. The summed E-state index contributed by atoms with van der Waals surface area (Å²) in [5.41, 5.74) is 0.985. The van der Waals surface area contributed by atoms with E-state index in [9.17, 15) is 9.18 Å². The van der Waals surface area contributed by atoms with Crippen LogP contribution in [-0.2, 0) is 4.79 Å². The Kier molecular flexibility index (Phi) is 7.99. The van der Waals surface area contributed by atoms with E-state index >= 15 is 0 Å². The summed E-state index contributed by atoms with van der Waals surface area (Å²) in [5, 5.41) is 3.13. The van der Waals surface area contributed by atoms with Gasteiger partial charge in [0.25, 0.3) is 5.91 Å². The van der Waals surface area contributed by atoms with E-state index in [1.807, 2.05) is 36.4 Å². The summed E-state index contributed by atoms with van der Waals surface area (Å²) in [4.78, 5) is 17.0. The van der Waals surface area contributed by atoms with Crippen molar-refractivity contribution in [3.63, 3.8) is 0 Å². The number of anilines is 1. The predicted molar refractivity (Wildman–Crippen MR) is 125 cm³/mol. The first kappa shape index (κ1) is 22.6. The second-order valence-corrected chi connectivity index (χ2v) is 8.98. The first-order chi connectivity index (χ1) is 15.7. The maximum Gasteiger partial charge on any atom is 0.258 e. The van der Waals surface area contributed by atoms with Crippen molar-refractivity contribution >= 4 is 11.6 Å². The minimum Gasteiger partial charge on any atom is -0.484 e. The van der Waals surface area contributed by atoms with Gasteiger partial charge in [0.2, 0.25) is 0 Å². The van der Waals surface area contributed by atoms with Gasteiger partial charge in [0.15, 0.2) is 6.61 Å². The van der Waals surface area contributed by atoms with Crippen molar-refractivity contribution in [2.45, 2.75) is 38.1 Å². The van der Waals surface area contributed by atoms with E-state index in [0.29, 0.717) is 0 Å². The van der Waals surface area contributed by atoms with Gasteiger partial charge in [-0.05, 0) is 74.9 Å². The first-order valence-electron chi connectivity index (χ1n) is 11.9. The predicted octanol–water partition coefficient (Wildman–Crippen LogP) is 4.09. The molecule has 1 N–H and O–H groups in total. The van der Waals surface area contributed by atoms with E-state index < -0.39 is 0 Å². The van der Waals surface area contributed by atoms with E-state index in [-0.39, 0.29) is 24.4 Å². The standard InChI is InChI=1S/C26H34FN3O2/c27-22-5-4-6-24(19-22)30-17-15-29(16-18-30)14-13-21-9-11-23(12-10-21)28-26(31)20-32-25-7-2-1-3-8-25/h1-8,19,21,23H,9-18,20H2,(H,28,31)/t21-,23-. The number of nitrogens with one attached hydrogen (secondary N) is 1. The van der Waals surface area contributed by atoms with Gasteiger partial charge in [-0.3, -0.25) is 9.69 Å². The average molecular weight is 440 g/mol. The van der Waals surface area contributed by atoms with E-state index in [1.165, 1.54) is 25.3 Å². The van der Waals surface area contributed by atoms with Crippen LogP contribution in [0, 0.1) is 11.7 Å². The minimum atomic E-state index is -0.166. The summed E-state index contributed by atoms with van der Waals surface area (Å²) in [6.45, 7) is 5.17. The normalized spacial score (nSPS) is 21.8. The molecule has 2 aromatic rings. The number of amides is 1. The van der Waals surface area contributed by atoms with E-state index in [1.54, 1.807) is 12.1 Å². The molecule has 5 nitrogen and oxygen atoms in total. The lowest BCUT2D eigenvalue weighted by Gasteiger charge is -2.37. The quantitative estimate of drug-likeness (QED) is 0.673. The van der Waals surface area contributed by atoms with Crippen molar-refractivity contribution in [1.82, 2.24) is 10.2 Å². The highest BCUT2D eigenvalue weighted by Crippen LogP contribution is 2.27. The third-order valence-corrected chi connectivity index (χ3v) is 6.72. The number of carbonyl (C=O) groups excluding carboxylic acids is 1. The largest absolute Gasteiger partial charge is 0.484 e. The van der Waals surface area contributed by atoms with Crippen LogP contribution in [0.25, 0.3) is 0 Å². The van der Waals surface area contributed by atoms with Gasteiger partial charge in [0, 0.05) is 37.9 Å². The molecule has 6 heteroatoms. The number of rotatable bonds is 8. The Morgan fingerprint density at radius 1 is 0.969 bits per heavy atom. The smallest absolute Gasteiger partial charge is 0.258 e. The van der Waals surface area contributed by atoms with Crippen LogP contribution in [-0.4, -0.2) is 56.2 Å². The van der Waals surface area contributed by atoms with Crippen LogP contribution in [0.15, 0.2) is 54.6 Å². The molecule has 0 bridgehead atoms. The number of benzene rings is 2. The van der Waals surface area contributed by atoms with Crippen LogP contribution in [0.2, 0.25) is 0 Å². The fourth-order valence-electron chi connectivity index (χ4n) is 4.80. The number of carbonyl (C=O) groups is 1. The monoisotopic (exact) mass is 439 g/mol. The number of ether oxygens (including phenoxy) is 1. The molecule has 1 saturated carbocycles.